The number of phenols is 1. The van der Waals surface area contributed by atoms with E-state index in [1.165, 1.54) is 0 Å². The second-order valence-corrected chi connectivity index (χ2v) is 15.6. The van der Waals surface area contributed by atoms with Crippen LogP contribution in [0, 0.1) is 29.6 Å². The lowest BCUT2D eigenvalue weighted by molar-refractivity contribution is -0.00708. The molecule has 3 aromatic rings. The number of aliphatic hydroxyl groups is 4. The number of pyridine rings is 1. The summed E-state index contributed by atoms with van der Waals surface area (Å²) in [5, 5.41) is 55.6. The van der Waals surface area contributed by atoms with E-state index in [-0.39, 0.29) is 47.7 Å². The number of fused-ring (bicyclic) bond motifs is 1. The van der Waals surface area contributed by atoms with E-state index in [1.807, 2.05) is 36.5 Å². The molecule has 0 bridgehead atoms. The number of hydrogen-bond acceptors (Lipinski definition) is 8. The molecule has 9 heteroatoms. The van der Waals surface area contributed by atoms with Crippen molar-refractivity contribution in [3.8, 4) is 23.3 Å². The van der Waals surface area contributed by atoms with Gasteiger partial charge in [0.25, 0.3) is 0 Å². The number of phenolic OH excluding ortho intramolecular Hbond substituents is 1. The number of nitrogen functional groups attached to an aromatic ring is 1. The number of anilines is 1. The summed E-state index contributed by atoms with van der Waals surface area (Å²) in [6, 6.07) is 13.2. The van der Waals surface area contributed by atoms with Gasteiger partial charge in [-0.3, -0.25) is 0 Å². The molecule has 0 radical (unpaired) electrons. The molecule has 0 spiro atoms. The van der Waals surface area contributed by atoms with Gasteiger partial charge in [-0.1, -0.05) is 81.2 Å². The van der Waals surface area contributed by atoms with E-state index >= 15 is 0 Å². The fourth-order valence-corrected chi connectivity index (χ4v) is 9.31. The number of aromatic hydroxyl groups is 1. The van der Waals surface area contributed by atoms with Gasteiger partial charge in [-0.2, -0.15) is 11.9 Å². The predicted octanol–water partition coefficient (Wildman–Crippen LogP) is 6.49. The summed E-state index contributed by atoms with van der Waals surface area (Å²) in [6.45, 7) is 1.93. The molecule has 9 atom stereocenters. The van der Waals surface area contributed by atoms with Gasteiger partial charge >= 0.3 is 0 Å². The number of aromatic nitrogens is 2. The van der Waals surface area contributed by atoms with Crippen LogP contribution in [0.25, 0.3) is 0 Å². The molecule has 1 aromatic carbocycles. The number of hydrogen-bond donors (Lipinski definition) is 6. The summed E-state index contributed by atoms with van der Waals surface area (Å²) in [6.07, 6.45) is 14.9. The van der Waals surface area contributed by atoms with Crippen LogP contribution in [-0.2, 0) is 5.41 Å². The molecule has 3 aliphatic rings. The number of ether oxygens (including phenoxy) is 1. The monoisotopic (exact) mass is 724 g/mol. The molecular formula is C44H58N3O6-. The third-order valence-electron chi connectivity index (χ3n) is 12.3. The first-order valence-corrected chi connectivity index (χ1v) is 19.9. The van der Waals surface area contributed by atoms with E-state index in [2.05, 4.69) is 35.9 Å². The molecule has 3 aliphatic carbocycles. The Labute approximate surface area is 314 Å². The van der Waals surface area contributed by atoms with Gasteiger partial charge in [0.15, 0.2) is 11.5 Å². The van der Waals surface area contributed by atoms with Crippen LogP contribution in [0.4, 0.5) is 5.82 Å². The number of allylic oxidation sites excluding steroid dienone is 2. The number of nitrogens with two attached hydrogens (primary N) is 1. The van der Waals surface area contributed by atoms with E-state index in [9.17, 15) is 25.5 Å². The molecule has 1 fully saturated rings. The third kappa shape index (κ3) is 9.12. The zero-order chi connectivity index (χ0) is 37.4. The van der Waals surface area contributed by atoms with Crippen LogP contribution in [-0.4, -0.2) is 61.5 Å². The molecule has 53 heavy (non-hydrogen) atoms. The SMILES string of the molecule is CCC1C#CC2C=CC(c3ccc(O)c(OC(CC(c4ccnc(N)c4)C4(c5ccc[n-]5)CCCCC4)C(O)CCO)c3)CC(O)C2C(O)CCCC1. The molecule has 9 unspecified atom stereocenters. The average molecular weight is 725 g/mol. The third-order valence-corrected chi connectivity index (χ3v) is 12.3. The van der Waals surface area contributed by atoms with E-state index in [1.54, 1.807) is 18.3 Å². The first-order valence-electron chi connectivity index (χ1n) is 19.9. The Bertz CT molecular complexity index is 1690. The maximum atomic E-state index is 11.6. The van der Waals surface area contributed by atoms with Gasteiger partial charge in [0.2, 0.25) is 0 Å². The van der Waals surface area contributed by atoms with E-state index in [4.69, 9.17) is 15.5 Å². The van der Waals surface area contributed by atoms with Crippen molar-refractivity contribution in [3.63, 3.8) is 0 Å². The van der Waals surface area contributed by atoms with Crippen LogP contribution in [0.1, 0.15) is 119 Å². The molecule has 7 N–H and O–H groups in total. The smallest absolute Gasteiger partial charge is 0.161 e. The normalized spacial score (nSPS) is 27.6. The summed E-state index contributed by atoms with van der Waals surface area (Å²) in [5.41, 5.74) is 8.74. The molecule has 2 aromatic heterocycles. The number of benzene rings is 1. The van der Waals surface area contributed by atoms with Crippen molar-refractivity contribution < 1.29 is 30.3 Å². The van der Waals surface area contributed by atoms with Crippen LogP contribution in [0.3, 0.4) is 0 Å². The lowest BCUT2D eigenvalue weighted by atomic mass is 9.60. The molecular weight excluding hydrogens is 666 g/mol. The largest absolute Gasteiger partial charge is 0.667 e. The lowest BCUT2D eigenvalue weighted by Crippen LogP contribution is -2.42. The molecule has 0 saturated heterocycles. The van der Waals surface area contributed by atoms with Gasteiger partial charge in [0, 0.05) is 42.9 Å². The highest BCUT2D eigenvalue weighted by Crippen LogP contribution is 2.51. The van der Waals surface area contributed by atoms with E-state index in [0.29, 0.717) is 31.0 Å². The summed E-state index contributed by atoms with van der Waals surface area (Å²) in [5.74, 6) is 6.71. The Balaban J connectivity index is 1.33. The van der Waals surface area contributed by atoms with Crippen molar-refractivity contribution in [2.45, 2.75) is 132 Å². The Morgan fingerprint density at radius 1 is 1.00 bits per heavy atom. The summed E-state index contributed by atoms with van der Waals surface area (Å²) >= 11 is 0. The van der Waals surface area contributed by atoms with Crippen LogP contribution in [0.2, 0.25) is 0 Å². The molecule has 6 rings (SSSR count). The Kier molecular flexibility index (Phi) is 13.2. The quantitative estimate of drug-likeness (QED) is 0.0905. The highest BCUT2D eigenvalue weighted by molar-refractivity contribution is 5.45. The minimum absolute atomic E-state index is 0.0658. The lowest BCUT2D eigenvalue weighted by Gasteiger charge is -2.48. The topological polar surface area (TPSA) is 163 Å². The molecule has 0 amide bonds. The standard InChI is InChI=1S/C44H58N3O6/c1-2-29-9-4-5-10-37(51)43-30(13-12-29)14-15-31(25-38(43)52)32-16-17-35(49)39(26-32)53-40(36(50)19-24-48)28-34(33-18-23-47-42(45)27-33)44(20-6-3-7-21-44)41-11-8-22-46-41/h8,11,14-18,22-23,26-27,29-31,34,36-38,40,43,48-52H,2-7,9-10,19-21,24-25,28H2,1H3,(H2,45,47)/q-1. The number of aliphatic hydroxyl groups excluding tert-OH is 4. The fraction of sp³-hybridized carbons (Fsp3) is 0.568. The van der Waals surface area contributed by atoms with Crippen molar-refractivity contribution in [3.05, 3.63) is 83.8 Å². The second kappa shape index (κ2) is 18.0. The Morgan fingerprint density at radius 2 is 1.81 bits per heavy atom. The van der Waals surface area contributed by atoms with Crippen molar-refractivity contribution in [1.82, 2.24) is 9.97 Å². The Hall–Kier alpha value is -3.81. The zero-order valence-electron chi connectivity index (χ0n) is 31.1. The molecule has 286 valence electrons. The van der Waals surface area contributed by atoms with Crippen molar-refractivity contribution in [2.75, 3.05) is 12.3 Å². The fourth-order valence-electron chi connectivity index (χ4n) is 9.31. The Morgan fingerprint density at radius 3 is 2.55 bits per heavy atom. The number of nitrogens with zero attached hydrogens (tertiary/aromatic N) is 2. The molecule has 9 nitrogen and oxygen atoms in total. The minimum Gasteiger partial charge on any atom is -0.667 e. The van der Waals surface area contributed by atoms with Crippen LogP contribution in [0.5, 0.6) is 11.5 Å². The van der Waals surface area contributed by atoms with Crippen molar-refractivity contribution in [1.29, 1.82) is 0 Å². The maximum Gasteiger partial charge on any atom is 0.161 e. The molecule has 0 aliphatic heterocycles. The zero-order valence-corrected chi connectivity index (χ0v) is 31.1. The van der Waals surface area contributed by atoms with Gasteiger partial charge < -0.3 is 41.0 Å². The summed E-state index contributed by atoms with van der Waals surface area (Å²) in [7, 11) is 0. The van der Waals surface area contributed by atoms with Crippen molar-refractivity contribution >= 4 is 5.82 Å². The highest BCUT2D eigenvalue weighted by Gasteiger charge is 2.43. The molecule has 2 heterocycles. The first kappa shape index (κ1) is 38.9. The van der Waals surface area contributed by atoms with Gasteiger partial charge in [-0.15, -0.1) is 0 Å². The second-order valence-electron chi connectivity index (χ2n) is 15.6. The van der Waals surface area contributed by atoms with Gasteiger partial charge in [-0.25, -0.2) is 4.98 Å². The predicted molar refractivity (Wildman–Crippen MR) is 206 cm³/mol. The highest BCUT2D eigenvalue weighted by atomic mass is 16.5. The molecule has 1 saturated carbocycles. The van der Waals surface area contributed by atoms with E-state index in [0.717, 1.165) is 74.6 Å². The average Bonchev–Trinajstić information content (AvgIpc) is 3.66. The van der Waals surface area contributed by atoms with Gasteiger partial charge in [0.05, 0.1) is 18.3 Å². The van der Waals surface area contributed by atoms with Crippen LogP contribution >= 0.6 is 0 Å². The summed E-state index contributed by atoms with van der Waals surface area (Å²) in [4.78, 5) is 9.09. The van der Waals surface area contributed by atoms with Crippen LogP contribution < -0.4 is 15.5 Å². The van der Waals surface area contributed by atoms with E-state index < -0.39 is 30.3 Å². The van der Waals surface area contributed by atoms with Crippen molar-refractivity contribution in [2.24, 2.45) is 17.8 Å². The first-order chi connectivity index (χ1) is 25.7. The summed E-state index contributed by atoms with van der Waals surface area (Å²) < 4.78 is 6.65. The van der Waals surface area contributed by atoms with Gasteiger partial charge in [-0.05, 0) is 91.7 Å². The van der Waals surface area contributed by atoms with Gasteiger partial charge in [0.1, 0.15) is 11.9 Å². The minimum atomic E-state index is -1.03. The van der Waals surface area contributed by atoms with Crippen LogP contribution in [0.15, 0.2) is 67.0 Å². The maximum absolute atomic E-state index is 11.6. The number of rotatable bonds is 12.